The molecule has 0 amide bonds. The minimum atomic E-state index is 0. The van der Waals surface area contributed by atoms with Crippen LogP contribution in [0.1, 0.15) is 25.7 Å². The number of hydrogen-bond acceptors (Lipinski definition) is 0. The predicted molar refractivity (Wildman–Crippen MR) is 60.7 cm³/mol. The summed E-state index contributed by atoms with van der Waals surface area (Å²) in [5.74, 6) is 0. The first-order valence-corrected chi connectivity index (χ1v) is 5.11. The van der Waals surface area contributed by atoms with Crippen molar-refractivity contribution >= 4 is 0 Å². The zero-order chi connectivity index (χ0) is 9.90. The first kappa shape index (κ1) is 14.4. The van der Waals surface area contributed by atoms with E-state index in [0.29, 0.717) is 0 Å². The summed E-state index contributed by atoms with van der Waals surface area (Å²) in [6, 6.07) is 12.5. The molecule has 0 aliphatic heterocycles. The topological polar surface area (TPSA) is 0 Å². The summed E-state index contributed by atoms with van der Waals surface area (Å²) in [7, 11) is 0. The molecule has 0 fully saturated rings. The van der Waals surface area contributed by atoms with Crippen LogP contribution >= 0.6 is 0 Å². The maximum absolute atomic E-state index is 3.21. The first-order chi connectivity index (χ1) is 7.00. The summed E-state index contributed by atoms with van der Waals surface area (Å²) >= 11 is 0. The van der Waals surface area contributed by atoms with E-state index < -0.39 is 0 Å². The maximum Gasteiger partial charge on any atom is 2.00 e. The third kappa shape index (κ3) is 9.69. The van der Waals surface area contributed by atoms with Crippen LogP contribution in [-0.2, 0) is 21.1 Å². The van der Waals surface area contributed by atoms with Crippen LogP contribution in [0.5, 0.6) is 0 Å². The standard InChI is InChI=1S/C8H11.C6H5.Pt/c1-2-4-6-8-7-5-3-1;1-2-4-6-5-3-1;/h1-2,7H,3-6H2;1-5H;/q2*-1;+2. The van der Waals surface area contributed by atoms with Gasteiger partial charge in [0.2, 0.25) is 0 Å². The molecule has 82 valence electrons. The van der Waals surface area contributed by atoms with E-state index in [9.17, 15) is 0 Å². The summed E-state index contributed by atoms with van der Waals surface area (Å²) in [6.45, 7) is 0. The first-order valence-electron chi connectivity index (χ1n) is 5.11. The van der Waals surface area contributed by atoms with Crippen molar-refractivity contribution in [1.29, 1.82) is 0 Å². The molecule has 1 aliphatic carbocycles. The van der Waals surface area contributed by atoms with Gasteiger partial charge in [0.15, 0.2) is 0 Å². The van der Waals surface area contributed by atoms with Crippen molar-refractivity contribution in [1.82, 2.24) is 0 Å². The molecule has 0 aromatic heterocycles. The summed E-state index contributed by atoms with van der Waals surface area (Å²) < 4.78 is 0. The molecule has 0 radical (unpaired) electrons. The predicted octanol–water partition coefficient (Wildman–Crippen LogP) is 3.96. The van der Waals surface area contributed by atoms with Crippen molar-refractivity contribution in [3.05, 3.63) is 60.7 Å². The quantitative estimate of drug-likeness (QED) is 0.473. The molecule has 2 rings (SSSR count). The monoisotopic (exact) mass is 379 g/mol. The Labute approximate surface area is 107 Å². The fraction of sp³-hybridized carbons (Fsp3) is 0.286. The van der Waals surface area contributed by atoms with Gasteiger partial charge in [0.25, 0.3) is 0 Å². The molecule has 15 heavy (non-hydrogen) atoms. The average molecular weight is 379 g/mol. The van der Waals surface area contributed by atoms with Crippen molar-refractivity contribution in [2.45, 2.75) is 25.7 Å². The minimum absolute atomic E-state index is 0. The van der Waals surface area contributed by atoms with E-state index in [4.69, 9.17) is 0 Å². The zero-order valence-corrected chi connectivity index (χ0v) is 11.0. The Balaban J connectivity index is 0.000000253. The van der Waals surface area contributed by atoms with E-state index in [2.05, 4.69) is 30.4 Å². The van der Waals surface area contributed by atoms with E-state index in [1.54, 1.807) is 0 Å². The third-order valence-electron chi connectivity index (χ3n) is 1.85. The third-order valence-corrected chi connectivity index (χ3v) is 1.85. The molecule has 0 nitrogen and oxygen atoms in total. The van der Waals surface area contributed by atoms with Crippen LogP contribution in [-0.4, -0.2) is 0 Å². The number of benzene rings is 1. The van der Waals surface area contributed by atoms with Crippen LogP contribution in [0.4, 0.5) is 0 Å². The van der Waals surface area contributed by atoms with Gasteiger partial charge < -0.3 is 6.08 Å². The fourth-order valence-corrected chi connectivity index (χ4v) is 1.13. The Hall–Kier alpha value is -0.612. The van der Waals surface area contributed by atoms with Gasteiger partial charge in [0.1, 0.15) is 0 Å². The molecule has 0 N–H and O–H groups in total. The molecule has 1 aromatic carbocycles. The smallest absolute Gasteiger partial charge is 0.500 e. The molecule has 0 saturated heterocycles. The van der Waals surface area contributed by atoms with Crippen LogP contribution in [0.3, 0.4) is 0 Å². The van der Waals surface area contributed by atoms with Crippen molar-refractivity contribution in [2.24, 2.45) is 0 Å². The second kappa shape index (κ2) is 11.5. The van der Waals surface area contributed by atoms with Gasteiger partial charge in [-0.25, -0.2) is 0 Å². The Morgan fingerprint density at radius 2 is 1.53 bits per heavy atom. The van der Waals surface area contributed by atoms with E-state index in [0.717, 1.165) is 6.42 Å². The van der Waals surface area contributed by atoms with Crippen LogP contribution in [0, 0.1) is 12.1 Å². The molecule has 0 heterocycles. The normalized spacial score (nSPS) is 13.9. The molecule has 0 unspecified atom stereocenters. The fourth-order valence-electron chi connectivity index (χ4n) is 1.13. The summed E-state index contributed by atoms with van der Waals surface area (Å²) in [5.41, 5.74) is 0. The Kier molecular flexibility index (Phi) is 11.0. The molecule has 1 heteroatoms. The molecular formula is C14H16Pt. The molecule has 0 bridgehead atoms. The van der Waals surface area contributed by atoms with Gasteiger partial charge in [-0.3, -0.25) is 6.08 Å². The second-order valence-electron chi connectivity index (χ2n) is 3.07. The molecular weight excluding hydrogens is 363 g/mol. The van der Waals surface area contributed by atoms with Gasteiger partial charge >= 0.3 is 21.1 Å². The van der Waals surface area contributed by atoms with Crippen molar-refractivity contribution in [2.75, 3.05) is 0 Å². The molecule has 1 aromatic rings. The Morgan fingerprint density at radius 3 is 2.13 bits per heavy atom. The molecule has 0 saturated carbocycles. The van der Waals surface area contributed by atoms with Crippen molar-refractivity contribution in [3.8, 4) is 0 Å². The maximum atomic E-state index is 3.21. The average Bonchev–Trinajstić information content (AvgIpc) is 2.20. The van der Waals surface area contributed by atoms with Crippen molar-refractivity contribution < 1.29 is 21.1 Å². The molecule has 1 aliphatic rings. The SMILES string of the molecule is [C-]1=CCCC=CCC1.[Pt+2].[c-]1ccccc1. The van der Waals surface area contributed by atoms with E-state index in [1.807, 2.05) is 30.3 Å². The molecule has 0 atom stereocenters. The number of allylic oxidation sites excluding steroid dienone is 4. The molecule has 0 spiro atoms. The van der Waals surface area contributed by atoms with Crippen molar-refractivity contribution in [3.63, 3.8) is 0 Å². The van der Waals surface area contributed by atoms with E-state index in [1.165, 1.54) is 19.3 Å². The summed E-state index contributed by atoms with van der Waals surface area (Å²) in [4.78, 5) is 0. The van der Waals surface area contributed by atoms with Gasteiger partial charge in [-0.1, -0.05) is 25.0 Å². The largest absolute Gasteiger partial charge is 2.00 e. The number of rotatable bonds is 0. The Morgan fingerprint density at radius 1 is 0.800 bits per heavy atom. The number of hydrogen-bond donors (Lipinski definition) is 0. The summed E-state index contributed by atoms with van der Waals surface area (Å²) in [6.07, 6.45) is 14.5. The zero-order valence-electron chi connectivity index (χ0n) is 8.76. The van der Waals surface area contributed by atoms with Gasteiger partial charge in [0, 0.05) is 0 Å². The van der Waals surface area contributed by atoms with Crippen LogP contribution in [0.2, 0.25) is 0 Å². The Bertz CT molecular complexity index is 209. The van der Waals surface area contributed by atoms with Crippen LogP contribution < -0.4 is 0 Å². The van der Waals surface area contributed by atoms with E-state index >= 15 is 0 Å². The van der Waals surface area contributed by atoms with Gasteiger partial charge in [-0.15, -0.1) is 0 Å². The van der Waals surface area contributed by atoms with Gasteiger partial charge in [0.05, 0.1) is 0 Å². The van der Waals surface area contributed by atoms with Gasteiger partial charge in [-0.2, -0.15) is 42.8 Å². The van der Waals surface area contributed by atoms with E-state index in [-0.39, 0.29) is 21.1 Å². The van der Waals surface area contributed by atoms with Crippen LogP contribution in [0.15, 0.2) is 48.6 Å². The second-order valence-corrected chi connectivity index (χ2v) is 3.07. The minimum Gasteiger partial charge on any atom is -0.500 e. The van der Waals surface area contributed by atoms with Crippen LogP contribution in [0.25, 0.3) is 0 Å². The summed E-state index contributed by atoms with van der Waals surface area (Å²) in [5, 5.41) is 0. The van der Waals surface area contributed by atoms with Gasteiger partial charge in [-0.05, 0) is 6.42 Å².